The second-order valence-electron chi connectivity index (χ2n) is 8.88. The molecule has 5 rings (SSSR count). The molecule has 10 heteroatoms. The van der Waals surface area contributed by atoms with E-state index in [0.717, 1.165) is 42.1 Å². The second-order valence-corrected chi connectivity index (χ2v) is 9.27. The molecule has 0 bridgehead atoms. The van der Waals surface area contributed by atoms with Gasteiger partial charge in [0.2, 0.25) is 5.95 Å². The lowest BCUT2D eigenvalue weighted by Gasteiger charge is -2.25. The van der Waals surface area contributed by atoms with Crippen LogP contribution in [0.4, 0.5) is 16.0 Å². The van der Waals surface area contributed by atoms with Crippen molar-refractivity contribution < 1.29 is 9.13 Å². The van der Waals surface area contributed by atoms with E-state index in [1.165, 1.54) is 12.1 Å². The van der Waals surface area contributed by atoms with Crippen LogP contribution in [0.15, 0.2) is 55.0 Å². The molecule has 2 aromatic carbocycles. The minimum absolute atomic E-state index is 0.0106. The van der Waals surface area contributed by atoms with Gasteiger partial charge in [-0.05, 0) is 56.8 Å². The van der Waals surface area contributed by atoms with Crippen LogP contribution < -0.4 is 10.1 Å². The molecular formula is C25H27ClFN7O. The minimum Gasteiger partial charge on any atom is -0.494 e. The second kappa shape index (κ2) is 9.67. The Hall–Kier alpha value is -3.43. The van der Waals surface area contributed by atoms with E-state index in [0.29, 0.717) is 22.9 Å². The summed E-state index contributed by atoms with van der Waals surface area (Å²) in [7, 11) is 5.80. The quantitative estimate of drug-likeness (QED) is 0.411. The molecule has 0 spiro atoms. The van der Waals surface area contributed by atoms with Crippen LogP contribution in [0.25, 0.3) is 5.69 Å². The van der Waals surface area contributed by atoms with Crippen molar-refractivity contribution in [1.29, 1.82) is 0 Å². The Morgan fingerprint density at radius 1 is 1.17 bits per heavy atom. The SMILES string of the molecule is COc1cc(Nc2nc3n(n2)CCC(N(C)C)CC3c2ccc(F)cc2)ccc1-n1cnc(Cl)c1. The first-order valence-electron chi connectivity index (χ1n) is 11.4. The van der Waals surface area contributed by atoms with Gasteiger partial charge in [0.25, 0.3) is 0 Å². The highest BCUT2D eigenvalue weighted by Crippen LogP contribution is 2.34. The third kappa shape index (κ3) is 4.87. The zero-order valence-electron chi connectivity index (χ0n) is 19.8. The molecular weight excluding hydrogens is 469 g/mol. The Balaban J connectivity index is 1.45. The molecule has 0 saturated heterocycles. The van der Waals surface area contributed by atoms with Crippen LogP contribution in [0, 0.1) is 5.82 Å². The maximum atomic E-state index is 13.6. The summed E-state index contributed by atoms with van der Waals surface area (Å²) in [5.74, 6) is 1.81. The van der Waals surface area contributed by atoms with E-state index >= 15 is 0 Å². The first kappa shape index (κ1) is 23.3. The number of aromatic nitrogens is 5. The summed E-state index contributed by atoms with van der Waals surface area (Å²) in [6, 6.07) is 12.8. The van der Waals surface area contributed by atoms with E-state index in [-0.39, 0.29) is 11.7 Å². The van der Waals surface area contributed by atoms with Gasteiger partial charge in [0.05, 0.1) is 12.8 Å². The van der Waals surface area contributed by atoms with Crippen molar-refractivity contribution in [3.05, 3.63) is 77.3 Å². The van der Waals surface area contributed by atoms with Crippen molar-refractivity contribution in [2.24, 2.45) is 0 Å². The fourth-order valence-corrected chi connectivity index (χ4v) is 4.72. The summed E-state index contributed by atoms with van der Waals surface area (Å²) in [4.78, 5) is 11.2. The van der Waals surface area contributed by atoms with Crippen LogP contribution in [-0.4, -0.2) is 56.5 Å². The fraction of sp³-hybridized carbons (Fsp3) is 0.320. The lowest BCUT2D eigenvalue weighted by Crippen LogP contribution is -2.29. The van der Waals surface area contributed by atoms with Crippen molar-refractivity contribution in [2.45, 2.75) is 31.3 Å². The highest BCUT2D eigenvalue weighted by Gasteiger charge is 2.30. The molecule has 0 saturated carbocycles. The van der Waals surface area contributed by atoms with Gasteiger partial charge in [0.1, 0.15) is 28.9 Å². The monoisotopic (exact) mass is 495 g/mol. The average molecular weight is 496 g/mol. The van der Waals surface area contributed by atoms with Gasteiger partial charge in [-0.1, -0.05) is 23.7 Å². The van der Waals surface area contributed by atoms with Crippen molar-refractivity contribution in [1.82, 2.24) is 29.2 Å². The number of imidazole rings is 1. The number of nitrogens with zero attached hydrogens (tertiary/aromatic N) is 6. The van der Waals surface area contributed by atoms with E-state index in [4.69, 9.17) is 26.4 Å². The molecule has 2 atom stereocenters. The molecule has 2 aromatic heterocycles. The molecule has 0 amide bonds. The molecule has 0 fully saturated rings. The molecule has 3 heterocycles. The molecule has 182 valence electrons. The molecule has 1 aliphatic heterocycles. The molecule has 4 aromatic rings. The summed E-state index contributed by atoms with van der Waals surface area (Å²) in [5.41, 5.74) is 2.64. The highest BCUT2D eigenvalue weighted by atomic mass is 35.5. The van der Waals surface area contributed by atoms with Gasteiger partial charge >= 0.3 is 0 Å². The number of hydrogen-bond acceptors (Lipinski definition) is 6. The van der Waals surface area contributed by atoms with Crippen LogP contribution >= 0.6 is 11.6 Å². The van der Waals surface area contributed by atoms with Crippen molar-refractivity contribution >= 4 is 23.2 Å². The summed E-state index contributed by atoms with van der Waals surface area (Å²) in [5, 5.41) is 8.48. The summed E-state index contributed by atoms with van der Waals surface area (Å²) in [6.07, 6.45) is 5.19. The number of halogens is 2. The van der Waals surface area contributed by atoms with E-state index in [9.17, 15) is 4.39 Å². The first-order valence-corrected chi connectivity index (χ1v) is 11.8. The highest BCUT2D eigenvalue weighted by molar-refractivity contribution is 6.29. The van der Waals surface area contributed by atoms with Crippen LogP contribution in [0.2, 0.25) is 5.15 Å². The van der Waals surface area contributed by atoms with Crippen LogP contribution in [-0.2, 0) is 6.54 Å². The van der Waals surface area contributed by atoms with E-state index in [2.05, 4.69) is 29.3 Å². The van der Waals surface area contributed by atoms with Crippen LogP contribution in [0.5, 0.6) is 5.75 Å². The zero-order valence-corrected chi connectivity index (χ0v) is 20.6. The van der Waals surface area contributed by atoms with Gasteiger partial charge in [0.15, 0.2) is 0 Å². The normalized spacial score (nSPS) is 17.8. The lowest BCUT2D eigenvalue weighted by atomic mass is 9.91. The maximum Gasteiger partial charge on any atom is 0.246 e. The van der Waals surface area contributed by atoms with Gasteiger partial charge in [-0.2, -0.15) is 4.98 Å². The third-order valence-electron chi connectivity index (χ3n) is 6.46. The molecule has 2 unspecified atom stereocenters. The van der Waals surface area contributed by atoms with Gasteiger partial charge in [-0.15, -0.1) is 5.10 Å². The standard InChI is InChI=1S/C25H27ClFN7O/c1-32(2)19-10-11-34-24(20(13-19)16-4-6-17(27)7-5-16)30-25(31-34)29-18-8-9-21(22(12-18)35-3)33-14-23(26)28-15-33/h4-9,12,14-15,19-20H,10-11,13H2,1-3H3,(H,29,31). The van der Waals surface area contributed by atoms with Gasteiger partial charge in [0, 0.05) is 36.5 Å². The largest absolute Gasteiger partial charge is 0.494 e. The van der Waals surface area contributed by atoms with E-state index in [1.54, 1.807) is 24.2 Å². The van der Waals surface area contributed by atoms with Crippen LogP contribution in [0.3, 0.4) is 0 Å². The Morgan fingerprint density at radius 2 is 1.97 bits per heavy atom. The Labute approximate surface area is 208 Å². The number of ether oxygens (including phenoxy) is 1. The first-order chi connectivity index (χ1) is 16.9. The van der Waals surface area contributed by atoms with Gasteiger partial charge in [-0.3, -0.25) is 0 Å². The van der Waals surface area contributed by atoms with Crippen molar-refractivity contribution in [3.63, 3.8) is 0 Å². The molecule has 0 radical (unpaired) electrons. The topological polar surface area (TPSA) is 73.0 Å². The number of anilines is 2. The zero-order chi connectivity index (χ0) is 24.5. The van der Waals surface area contributed by atoms with E-state index < -0.39 is 0 Å². The van der Waals surface area contributed by atoms with Gasteiger partial charge in [-0.25, -0.2) is 14.1 Å². The van der Waals surface area contributed by atoms with Gasteiger partial charge < -0.3 is 19.5 Å². The lowest BCUT2D eigenvalue weighted by molar-refractivity contribution is 0.256. The Bertz CT molecular complexity index is 1320. The predicted octanol–water partition coefficient (Wildman–Crippen LogP) is 4.86. The Morgan fingerprint density at radius 3 is 2.66 bits per heavy atom. The number of aryl methyl sites for hydroxylation is 1. The number of hydrogen-bond donors (Lipinski definition) is 1. The fourth-order valence-electron chi connectivity index (χ4n) is 4.57. The third-order valence-corrected chi connectivity index (χ3v) is 6.66. The van der Waals surface area contributed by atoms with Crippen LogP contribution in [0.1, 0.15) is 30.1 Å². The van der Waals surface area contributed by atoms with Crippen molar-refractivity contribution in [3.8, 4) is 11.4 Å². The van der Waals surface area contributed by atoms with E-state index in [1.807, 2.05) is 35.0 Å². The van der Waals surface area contributed by atoms with Crippen molar-refractivity contribution in [2.75, 3.05) is 26.5 Å². The predicted molar refractivity (Wildman–Crippen MR) is 133 cm³/mol. The number of fused-ring (bicyclic) bond motifs is 1. The number of benzene rings is 2. The number of nitrogens with one attached hydrogen (secondary N) is 1. The molecule has 8 nitrogen and oxygen atoms in total. The number of rotatable bonds is 6. The summed E-state index contributed by atoms with van der Waals surface area (Å²) < 4.78 is 23.0. The summed E-state index contributed by atoms with van der Waals surface area (Å²) >= 11 is 5.97. The molecule has 1 N–H and O–H groups in total. The molecule has 35 heavy (non-hydrogen) atoms. The maximum absolute atomic E-state index is 13.6. The smallest absolute Gasteiger partial charge is 0.246 e. The number of methoxy groups -OCH3 is 1. The molecule has 0 aliphatic carbocycles. The summed E-state index contributed by atoms with van der Waals surface area (Å²) in [6.45, 7) is 0.758. The Kier molecular flexibility index (Phi) is 6.44. The average Bonchev–Trinajstić information content (AvgIpc) is 3.41. The minimum atomic E-state index is -0.245. The molecule has 1 aliphatic rings.